The van der Waals surface area contributed by atoms with Crippen LogP contribution in [0.4, 0.5) is 0 Å². The molecule has 0 atom stereocenters. The molecule has 6 nitrogen and oxygen atoms in total. The molecule has 1 aromatic carbocycles. The van der Waals surface area contributed by atoms with Gasteiger partial charge in [0.2, 0.25) is 10.0 Å². The summed E-state index contributed by atoms with van der Waals surface area (Å²) in [7, 11) is -3.71. The fourth-order valence-electron chi connectivity index (χ4n) is 1.45. The number of esters is 1. The van der Waals surface area contributed by atoms with Crippen LogP contribution in [0.3, 0.4) is 0 Å². The van der Waals surface area contributed by atoms with Gasteiger partial charge >= 0.3 is 5.97 Å². The molecule has 1 aromatic rings. The van der Waals surface area contributed by atoms with Gasteiger partial charge in [0.1, 0.15) is 6.61 Å². The standard InChI is InChI=1S/C13H16BrNO5S/c1-8(2)15-21(18,19)10-4-5-12(14)11(6-10)13(17)20-7-9(3)16/h4-6,8,15H,7H2,1-3H3. The zero-order valence-electron chi connectivity index (χ0n) is 11.8. The van der Waals surface area contributed by atoms with Crippen LogP contribution in [0.15, 0.2) is 27.6 Å². The van der Waals surface area contributed by atoms with Crippen molar-refractivity contribution in [3.63, 3.8) is 0 Å². The number of sulfonamides is 1. The predicted octanol–water partition coefficient (Wildman–Crippen LogP) is 1.88. The zero-order chi connectivity index (χ0) is 16.2. The first-order valence-electron chi connectivity index (χ1n) is 6.12. The quantitative estimate of drug-likeness (QED) is 0.764. The Hall–Kier alpha value is -1.25. The van der Waals surface area contributed by atoms with E-state index >= 15 is 0 Å². The Kier molecular flexibility index (Phi) is 6.06. The second kappa shape index (κ2) is 7.15. The molecular weight excluding hydrogens is 362 g/mol. The Labute approximate surface area is 132 Å². The third kappa shape index (κ3) is 5.22. The van der Waals surface area contributed by atoms with E-state index in [1.165, 1.54) is 25.1 Å². The van der Waals surface area contributed by atoms with Crippen LogP contribution >= 0.6 is 15.9 Å². The van der Waals surface area contributed by atoms with Crippen molar-refractivity contribution < 1.29 is 22.7 Å². The average molecular weight is 378 g/mol. The zero-order valence-corrected chi connectivity index (χ0v) is 14.2. The molecule has 0 unspecified atom stereocenters. The fraction of sp³-hybridized carbons (Fsp3) is 0.385. The highest BCUT2D eigenvalue weighted by Gasteiger charge is 2.20. The van der Waals surface area contributed by atoms with Crippen molar-refractivity contribution in [1.29, 1.82) is 0 Å². The maximum absolute atomic E-state index is 12.1. The van der Waals surface area contributed by atoms with E-state index in [0.717, 1.165) is 0 Å². The van der Waals surface area contributed by atoms with E-state index in [1.54, 1.807) is 13.8 Å². The molecule has 0 aliphatic carbocycles. The molecule has 0 aromatic heterocycles. The van der Waals surface area contributed by atoms with Crippen molar-refractivity contribution >= 4 is 37.7 Å². The van der Waals surface area contributed by atoms with Gasteiger partial charge in [-0.15, -0.1) is 0 Å². The predicted molar refractivity (Wildman–Crippen MR) is 80.6 cm³/mol. The minimum atomic E-state index is -3.71. The second-order valence-corrected chi connectivity index (χ2v) is 7.26. The van der Waals surface area contributed by atoms with Crippen molar-refractivity contribution in [2.24, 2.45) is 0 Å². The number of hydrogen-bond acceptors (Lipinski definition) is 5. The summed E-state index contributed by atoms with van der Waals surface area (Å²) in [6.45, 7) is 4.32. The molecule has 21 heavy (non-hydrogen) atoms. The Balaban J connectivity index is 3.10. The van der Waals surface area contributed by atoms with Crippen LogP contribution in [-0.4, -0.2) is 32.8 Å². The topological polar surface area (TPSA) is 89.5 Å². The molecule has 0 spiro atoms. The van der Waals surface area contributed by atoms with E-state index in [0.29, 0.717) is 4.47 Å². The maximum Gasteiger partial charge on any atom is 0.339 e. The summed E-state index contributed by atoms with van der Waals surface area (Å²) < 4.78 is 31.7. The summed E-state index contributed by atoms with van der Waals surface area (Å²) in [5, 5.41) is 0. The molecule has 0 heterocycles. The highest BCUT2D eigenvalue weighted by Crippen LogP contribution is 2.22. The Morgan fingerprint density at radius 1 is 1.33 bits per heavy atom. The number of halogens is 1. The minimum absolute atomic E-state index is 0.0443. The Bertz CT molecular complexity index is 655. The van der Waals surface area contributed by atoms with Gasteiger partial charge < -0.3 is 4.74 Å². The largest absolute Gasteiger partial charge is 0.454 e. The molecule has 1 rings (SSSR count). The third-order valence-corrected chi connectivity index (χ3v) is 4.61. The second-order valence-electron chi connectivity index (χ2n) is 4.70. The smallest absolute Gasteiger partial charge is 0.339 e. The van der Waals surface area contributed by atoms with Crippen LogP contribution in [-0.2, 0) is 19.6 Å². The summed E-state index contributed by atoms with van der Waals surface area (Å²) in [6.07, 6.45) is 0. The highest BCUT2D eigenvalue weighted by atomic mass is 79.9. The van der Waals surface area contributed by atoms with Gasteiger partial charge in [0.05, 0.1) is 10.5 Å². The number of Topliss-reactive ketones (excluding diaryl/α,β-unsaturated/α-hetero) is 1. The SMILES string of the molecule is CC(=O)COC(=O)c1cc(S(=O)(=O)NC(C)C)ccc1Br. The number of rotatable bonds is 6. The molecule has 0 saturated heterocycles. The molecule has 0 fully saturated rings. The number of carbonyl (C=O) groups excluding carboxylic acids is 2. The van der Waals surface area contributed by atoms with Crippen molar-refractivity contribution in [2.45, 2.75) is 31.7 Å². The normalized spacial score (nSPS) is 11.5. The lowest BCUT2D eigenvalue weighted by Crippen LogP contribution is -2.30. The van der Waals surface area contributed by atoms with Crippen LogP contribution in [0, 0.1) is 0 Å². The molecule has 8 heteroatoms. The Morgan fingerprint density at radius 3 is 2.48 bits per heavy atom. The van der Waals surface area contributed by atoms with Crippen molar-refractivity contribution in [3.05, 3.63) is 28.2 Å². The van der Waals surface area contributed by atoms with Crippen molar-refractivity contribution in [3.8, 4) is 0 Å². The lowest BCUT2D eigenvalue weighted by atomic mass is 10.2. The highest BCUT2D eigenvalue weighted by molar-refractivity contribution is 9.10. The van der Waals surface area contributed by atoms with E-state index < -0.39 is 16.0 Å². The maximum atomic E-state index is 12.1. The first kappa shape index (κ1) is 17.8. The van der Waals surface area contributed by atoms with Gasteiger partial charge in [0, 0.05) is 10.5 Å². The number of ether oxygens (including phenoxy) is 1. The average Bonchev–Trinajstić information content (AvgIpc) is 2.34. The van der Waals surface area contributed by atoms with Gasteiger partial charge in [-0.25, -0.2) is 17.9 Å². The summed E-state index contributed by atoms with van der Waals surface area (Å²) in [5.41, 5.74) is 0.0443. The summed E-state index contributed by atoms with van der Waals surface area (Å²) in [6, 6.07) is 3.75. The van der Waals surface area contributed by atoms with Gasteiger partial charge in [0.25, 0.3) is 0 Å². The Morgan fingerprint density at radius 2 is 1.95 bits per heavy atom. The molecular formula is C13H16BrNO5S. The first-order chi connectivity index (χ1) is 9.63. The van der Waals surface area contributed by atoms with Crippen LogP contribution < -0.4 is 4.72 Å². The van der Waals surface area contributed by atoms with Gasteiger partial charge in [-0.3, -0.25) is 4.79 Å². The fourth-order valence-corrected chi connectivity index (χ4v) is 3.14. The van der Waals surface area contributed by atoms with Crippen LogP contribution in [0.5, 0.6) is 0 Å². The summed E-state index contributed by atoms with van der Waals surface area (Å²) >= 11 is 3.15. The lowest BCUT2D eigenvalue weighted by molar-refractivity contribution is -0.120. The van der Waals surface area contributed by atoms with Gasteiger partial charge in [0.15, 0.2) is 5.78 Å². The molecule has 0 amide bonds. The summed E-state index contributed by atoms with van der Waals surface area (Å²) in [4.78, 5) is 22.6. The molecule has 0 bridgehead atoms. The molecule has 0 saturated carbocycles. The lowest BCUT2D eigenvalue weighted by Gasteiger charge is -2.11. The molecule has 116 valence electrons. The minimum Gasteiger partial charge on any atom is -0.454 e. The van der Waals surface area contributed by atoms with Gasteiger partial charge in [-0.05, 0) is 54.9 Å². The van der Waals surface area contributed by atoms with Gasteiger partial charge in [-0.1, -0.05) is 0 Å². The van der Waals surface area contributed by atoms with Crippen LogP contribution in [0.25, 0.3) is 0 Å². The van der Waals surface area contributed by atoms with Crippen LogP contribution in [0.1, 0.15) is 31.1 Å². The van der Waals surface area contributed by atoms with E-state index in [9.17, 15) is 18.0 Å². The van der Waals surface area contributed by atoms with E-state index in [-0.39, 0.29) is 28.9 Å². The van der Waals surface area contributed by atoms with Gasteiger partial charge in [-0.2, -0.15) is 0 Å². The van der Waals surface area contributed by atoms with Crippen molar-refractivity contribution in [2.75, 3.05) is 6.61 Å². The summed E-state index contributed by atoms with van der Waals surface area (Å²) in [5.74, 6) is -1.07. The number of nitrogens with one attached hydrogen (secondary N) is 1. The molecule has 0 aliphatic rings. The van der Waals surface area contributed by atoms with E-state index in [1.807, 2.05) is 0 Å². The molecule has 0 aliphatic heterocycles. The van der Waals surface area contributed by atoms with E-state index in [4.69, 9.17) is 4.74 Å². The van der Waals surface area contributed by atoms with E-state index in [2.05, 4.69) is 20.7 Å². The molecule has 1 N–H and O–H groups in total. The number of hydrogen-bond donors (Lipinski definition) is 1. The molecule has 0 radical (unpaired) electrons. The van der Waals surface area contributed by atoms with Crippen LogP contribution in [0.2, 0.25) is 0 Å². The van der Waals surface area contributed by atoms with Crippen molar-refractivity contribution in [1.82, 2.24) is 4.72 Å². The monoisotopic (exact) mass is 377 g/mol. The number of carbonyl (C=O) groups is 2. The number of ketones is 1. The third-order valence-electron chi connectivity index (χ3n) is 2.27. The number of benzene rings is 1. The first-order valence-corrected chi connectivity index (χ1v) is 8.39.